The molecule has 1 atom stereocenters. The Morgan fingerprint density at radius 2 is 2.12 bits per heavy atom. The third-order valence-corrected chi connectivity index (χ3v) is 3.33. The highest BCUT2D eigenvalue weighted by molar-refractivity contribution is 7.80. The molecule has 0 bridgehead atoms. The maximum atomic E-state index is 4.32. The summed E-state index contributed by atoms with van der Waals surface area (Å²) in [5.41, 5.74) is 2.66. The molecule has 0 aliphatic carbocycles. The molecule has 1 aromatic carbocycles. The number of aromatic nitrogens is 1. The zero-order chi connectivity index (χ0) is 11.5. The molecule has 1 heterocycles. The first-order valence-electron chi connectivity index (χ1n) is 5.60. The van der Waals surface area contributed by atoms with E-state index in [1.54, 1.807) is 0 Å². The number of benzene rings is 1. The molecule has 2 nitrogen and oxygen atoms in total. The van der Waals surface area contributed by atoms with Crippen molar-refractivity contribution in [2.24, 2.45) is 7.05 Å². The molecule has 1 N–H and O–H groups in total. The van der Waals surface area contributed by atoms with Gasteiger partial charge in [0.1, 0.15) is 0 Å². The van der Waals surface area contributed by atoms with Gasteiger partial charge in [-0.2, -0.15) is 12.6 Å². The summed E-state index contributed by atoms with van der Waals surface area (Å²) in [6, 6.07) is 8.92. The summed E-state index contributed by atoms with van der Waals surface area (Å²) in [6.45, 7) is 0. The van der Waals surface area contributed by atoms with Crippen LogP contribution in [0.3, 0.4) is 0 Å². The molecule has 0 amide bonds. The predicted octanol–water partition coefficient (Wildman–Crippen LogP) is 2.76. The second-order valence-electron chi connectivity index (χ2n) is 4.07. The summed E-state index contributed by atoms with van der Waals surface area (Å²) in [5, 5.41) is 4.70. The minimum atomic E-state index is 0.392. The molecular weight excluding hydrogens is 216 g/mol. The zero-order valence-corrected chi connectivity index (χ0v) is 10.7. The zero-order valence-electron chi connectivity index (χ0n) is 9.77. The van der Waals surface area contributed by atoms with Gasteiger partial charge in [-0.15, -0.1) is 0 Å². The van der Waals surface area contributed by atoms with Gasteiger partial charge in [-0.25, -0.2) is 0 Å². The van der Waals surface area contributed by atoms with E-state index in [1.807, 2.05) is 7.05 Å². The smallest absolute Gasteiger partial charge is 0.0481 e. The van der Waals surface area contributed by atoms with Crippen LogP contribution in [0.4, 0.5) is 0 Å². The molecule has 2 aromatic rings. The largest absolute Gasteiger partial charge is 0.350 e. The van der Waals surface area contributed by atoms with Crippen LogP contribution in [0.1, 0.15) is 18.0 Å². The first-order chi connectivity index (χ1) is 7.77. The lowest BCUT2D eigenvalue weighted by atomic mass is 10.0. The Balaban J connectivity index is 2.51. The number of nitrogens with zero attached hydrogens (tertiary/aromatic N) is 1. The van der Waals surface area contributed by atoms with Crippen LogP contribution in [0.15, 0.2) is 30.5 Å². The number of para-hydroxylation sites is 1. The Morgan fingerprint density at radius 1 is 1.38 bits per heavy atom. The van der Waals surface area contributed by atoms with E-state index in [-0.39, 0.29) is 0 Å². The van der Waals surface area contributed by atoms with Crippen molar-refractivity contribution in [1.82, 2.24) is 9.88 Å². The lowest BCUT2D eigenvalue weighted by Gasteiger charge is -2.14. The molecule has 0 aliphatic rings. The van der Waals surface area contributed by atoms with E-state index in [4.69, 9.17) is 0 Å². The Hall–Kier alpha value is -0.930. The van der Waals surface area contributed by atoms with Crippen LogP contribution >= 0.6 is 12.6 Å². The van der Waals surface area contributed by atoms with E-state index >= 15 is 0 Å². The molecule has 0 fully saturated rings. The maximum absolute atomic E-state index is 4.32. The predicted molar refractivity (Wildman–Crippen MR) is 73.2 cm³/mol. The van der Waals surface area contributed by atoms with E-state index in [9.17, 15) is 0 Å². The van der Waals surface area contributed by atoms with Crippen molar-refractivity contribution in [3.05, 3.63) is 36.0 Å². The summed E-state index contributed by atoms with van der Waals surface area (Å²) >= 11 is 4.32. The van der Waals surface area contributed by atoms with Gasteiger partial charge in [-0.05, 0) is 30.9 Å². The molecule has 2 rings (SSSR count). The monoisotopic (exact) mass is 234 g/mol. The summed E-state index contributed by atoms with van der Waals surface area (Å²) in [5.74, 6) is 0.898. The van der Waals surface area contributed by atoms with Gasteiger partial charge < -0.3 is 9.88 Å². The van der Waals surface area contributed by atoms with Crippen molar-refractivity contribution >= 4 is 23.5 Å². The first-order valence-corrected chi connectivity index (χ1v) is 6.23. The van der Waals surface area contributed by atoms with Crippen LogP contribution < -0.4 is 5.32 Å². The Labute approximate surface area is 102 Å². The van der Waals surface area contributed by atoms with Crippen LogP contribution in [-0.2, 0) is 7.05 Å². The molecule has 0 aliphatic heterocycles. The van der Waals surface area contributed by atoms with Crippen LogP contribution in [0.2, 0.25) is 0 Å². The third kappa shape index (κ3) is 1.97. The first kappa shape index (κ1) is 11.6. The fourth-order valence-electron chi connectivity index (χ4n) is 2.24. The molecule has 0 saturated heterocycles. The van der Waals surface area contributed by atoms with Crippen molar-refractivity contribution in [2.45, 2.75) is 12.5 Å². The SMILES string of the molecule is CNC(CCS)c1cn(C)c2ccccc12. The number of thiol groups is 1. The minimum absolute atomic E-state index is 0.392. The Kier molecular flexibility index (Phi) is 3.56. The molecule has 1 unspecified atom stereocenters. The summed E-state index contributed by atoms with van der Waals surface area (Å²) in [6.07, 6.45) is 3.27. The van der Waals surface area contributed by atoms with Crippen LogP contribution in [-0.4, -0.2) is 17.4 Å². The number of nitrogens with one attached hydrogen (secondary N) is 1. The Bertz CT molecular complexity index is 476. The molecule has 0 radical (unpaired) electrons. The lowest BCUT2D eigenvalue weighted by Crippen LogP contribution is -2.16. The fraction of sp³-hybridized carbons (Fsp3) is 0.385. The van der Waals surface area contributed by atoms with Gasteiger partial charge in [-0.1, -0.05) is 18.2 Å². The average molecular weight is 234 g/mol. The number of hydrogen-bond donors (Lipinski definition) is 2. The van der Waals surface area contributed by atoms with Crippen molar-refractivity contribution in [2.75, 3.05) is 12.8 Å². The van der Waals surface area contributed by atoms with Gasteiger partial charge in [0.15, 0.2) is 0 Å². The maximum Gasteiger partial charge on any atom is 0.0481 e. The molecule has 86 valence electrons. The average Bonchev–Trinajstić information content (AvgIpc) is 2.65. The third-order valence-electron chi connectivity index (χ3n) is 3.07. The number of hydrogen-bond acceptors (Lipinski definition) is 2. The van der Waals surface area contributed by atoms with E-state index in [0.29, 0.717) is 6.04 Å². The van der Waals surface area contributed by atoms with Crippen molar-refractivity contribution in [3.63, 3.8) is 0 Å². The van der Waals surface area contributed by atoms with E-state index in [1.165, 1.54) is 16.5 Å². The van der Waals surface area contributed by atoms with Gasteiger partial charge in [-0.3, -0.25) is 0 Å². The van der Waals surface area contributed by atoms with Crippen molar-refractivity contribution in [1.29, 1.82) is 0 Å². The highest BCUT2D eigenvalue weighted by Gasteiger charge is 2.14. The second-order valence-corrected chi connectivity index (χ2v) is 4.51. The van der Waals surface area contributed by atoms with E-state index < -0.39 is 0 Å². The van der Waals surface area contributed by atoms with Crippen molar-refractivity contribution in [3.8, 4) is 0 Å². The van der Waals surface area contributed by atoms with Gasteiger partial charge in [0.2, 0.25) is 0 Å². The number of aryl methyl sites for hydroxylation is 1. The fourth-order valence-corrected chi connectivity index (χ4v) is 2.49. The van der Waals surface area contributed by atoms with Crippen LogP contribution in [0.25, 0.3) is 10.9 Å². The topological polar surface area (TPSA) is 17.0 Å². The van der Waals surface area contributed by atoms with Gasteiger partial charge >= 0.3 is 0 Å². The minimum Gasteiger partial charge on any atom is -0.350 e. The standard InChI is InChI=1S/C13H18N2S/c1-14-12(7-8-16)11-9-15(2)13-6-4-3-5-10(11)13/h3-6,9,12,14,16H,7-8H2,1-2H3. The summed E-state index contributed by atoms with van der Waals surface area (Å²) in [7, 11) is 4.11. The Morgan fingerprint density at radius 3 is 2.81 bits per heavy atom. The number of fused-ring (bicyclic) bond motifs is 1. The number of rotatable bonds is 4. The molecular formula is C13H18N2S. The van der Waals surface area contributed by atoms with Gasteiger partial charge in [0.05, 0.1) is 0 Å². The summed E-state index contributed by atoms with van der Waals surface area (Å²) in [4.78, 5) is 0. The molecule has 16 heavy (non-hydrogen) atoms. The normalized spacial score (nSPS) is 13.2. The summed E-state index contributed by atoms with van der Waals surface area (Å²) < 4.78 is 2.19. The van der Waals surface area contributed by atoms with Crippen LogP contribution in [0.5, 0.6) is 0 Å². The molecule has 1 aromatic heterocycles. The highest BCUT2D eigenvalue weighted by atomic mass is 32.1. The molecule has 0 saturated carbocycles. The van der Waals surface area contributed by atoms with Crippen molar-refractivity contribution < 1.29 is 0 Å². The van der Waals surface area contributed by atoms with Gasteiger partial charge in [0, 0.05) is 30.2 Å². The highest BCUT2D eigenvalue weighted by Crippen LogP contribution is 2.27. The van der Waals surface area contributed by atoms with Crippen LogP contribution in [0, 0.1) is 0 Å². The second kappa shape index (κ2) is 4.93. The van der Waals surface area contributed by atoms with Gasteiger partial charge in [0.25, 0.3) is 0 Å². The quantitative estimate of drug-likeness (QED) is 0.778. The lowest BCUT2D eigenvalue weighted by molar-refractivity contribution is 0.584. The molecule has 3 heteroatoms. The van der Waals surface area contributed by atoms with E-state index in [2.05, 4.69) is 60.0 Å². The molecule has 0 spiro atoms. The van der Waals surface area contributed by atoms with E-state index in [0.717, 1.165) is 12.2 Å².